The van der Waals surface area contributed by atoms with Gasteiger partial charge in [0.1, 0.15) is 0 Å². The fourth-order valence-corrected chi connectivity index (χ4v) is 5.48. The molecule has 46 heavy (non-hydrogen) atoms. The number of thioether (sulfide) groups is 2. The van der Waals surface area contributed by atoms with Crippen molar-refractivity contribution in [2.75, 3.05) is 0 Å². The second-order valence-electron chi connectivity index (χ2n) is 9.99. The van der Waals surface area contributed by atoms with E-state index >= 15 is 0 Å². The van der Waals surface area contributed by atoms with Gasteiger partial charge >= 0.3 is 0 Å². The maximum Gasteiger partial charge on any atom is 0.190 e. The van der Waals surface area contributed by atoms with Crippen LogP contribution in [0.15, 0.2) is 120 Å². The van der Waals surface area contributed by atoms with Gasteiger partial charge in [-0.05, 0) is 82.9 Å². The summed E-state index contributed by atoms with van der Waals surface area (Å²) >= 11 is 2.43. The Balaban J connectivity index is 1.58. The topological polar surface area (TPSA) is 59.9 Å². The molecular weight excluding hydrogens is 605 g/mol. The highest BCUT2D eigenvalue weighted by molar-refractivity contribution is 8.13. The Bertz CT molecular complexity index is 1880. The number of aromatic nitrogens is 2. The number of pyridine rings is 2. The largest absolute Gasteiger partial charge is 0.287 e. The van der Waals surface area contributed by atoms with Crippen LogP contribution in [0.2, 0.25) is 0 Å². The molecule has 3 aromatic carbocycles. The summed E-state index contributed by atoms with van der Waals surface area (Å²) in [5.74, 6) is 13.3. The molecule has 2 heterocycles. The second kappa shape index (κ2) is 16.1. The summed E-state index contributed by atoms with van der Waals surface area (Å²) < 4.78 is 0. The van der Waals surface area contributed by atoms with Crippen molar-refractivity contribution in [3.63, 3.8) is 0 Å². The Morgan fingerprint density at radius 1 is 0.522 bits per heavy atom. The van der Waals surface area contributed by atoms with E-state index in [0.717, 1.165) is 54.3 Å². The maximum absolute atomic E-state index is 11.5. The number of benzene rings is 3. The van der Waals surface area contributed by atoms with Crippen LogP contribution in [-0.4, -0.2) is 20.2 Å². The van der Waals surface area contributed by atoms with Gasteiger partial charge in [0.05, 0.1) is 0 Å². The van der Waals surface area contributed by atoms with Crippen molar-refractivity contribution < 1.29 is 9.59 Å². The van der Waals surface area contributed by atoms with Gasteiger partial charge in [-0.3, -0.25) is 19.6 Å². The fourth-order valence-electron chi connectivity index (χ4n) is 4.27. The van der Waals surface area contributed by atoms with Gasteiger partial charge in [0, 0.05) is 70.7 Å². The van der Waals surface area contributed by atoms with E-state index in [1.165, 1.54) is 23.5 Å². The maximum atomic E-state index is 11.5. The van der Waals surface area contributed by atoms with E-state index in [4.69, 9.17) is 0 Å². The van der Waals surface area contributed by atoms with Crippen LogP contribution in [0.3, 0.4) is 0 Å². The van der Waals surface area contributed by atoms with Crippen LogP contribution in [0.1, 0.15) is 58.4 Å². The third-order valence-corrected chi connectivity index (χ3v) is 8.05. The summed E-state index contributed by atoms with van der Waals surface area (Å²) in [4.78, 5) is 33.0. The second-order valence-corrected chi connectivity index (χ2v) is 12.5. The summed E-state index contributed by atoms with van der Waals surface area (Å²) in [7, 11) is 0. The van der Waals surface area contributed by atoms with Gasteiger partial charge in [-0.15, -0.1) is 0 Å². The summed E-state index contributed by atoms with van der Waals surface area (Å²) in [6.45, 7) is 3.12. The van der Waals surface area contributed by atoms with E-state index in [2.05, 4.69) is 45.8 Å². The predicted octanol–water partition coefficient (Wildman–Crippen LogP) is 8.89. The molecule has 2 aromatic heterocycles. The summed E-state index contributed by atoms with van der Waals surface area (Å²) in [6.07, 6.45) is 15.1. The molecule has 0 aliphatic heterocycles. The SMILES string of the molecule is CC(=O)Sc1ccc(/C=C/c2cc(C#Cc3ccncc3)c(/C=C/c3ccc(SC(C)=O)cc3)cc2C#Cc2ccncc2)cc1. The zero-order valence-electron chi connectivity index (χ0n) is 25.2. The lowest BCUT2D eigenvalue weighted by molar-refractivity contribution is -0.109. The molecular formula is C40H28N2O2S2. The molecule has 6 heteroatoms. The molecule has 4 nitrogen and oxygen atoms in total. The highest BCUT2D eigenvalue weighted by Gasteiger charge is 2.06. The molecule has 5 rings (SSSR count). The Morgan fingerprint density at radius 3 is 1.24 bits per heavy atom. The number of hydrogen-bond donors (Lipinski definition) is 0. The van der Waals surface area contributed by atoms with Gasteiger partial charge in [0.15, 0.2) is 10.2 Å². The number of hydrogen-bond acceptors (Lipinski definition) is 6. The summed E-state index contributed by atoms with van der Waals surface area (Å²) in [5.41, 5.74) is 7.27. The molecule has 0 amide bonds. The van der Waals surface area contributed by atoms with E-state index < -0.39 is 0 Å². The minimum absolute atomic E-state index is 0.0549. The highest BCUT2D eigenvalue weighted by atomic mass is 32.2. The third kappa shape index (κ3) is 9.81. The molecule has 0 bridgehead atoms. The zero-order chi connectivity index (χ0) is 32.1. The Kier molecular flexibility index (Phi) is 11.2. The Hall–Kier alpha value is -5.40. The molecule has 222 valence electrons. The van der Waals surface area contributed by atoms with Gasteiger partial charge < -0.3 is 0 Å². The minimum Gasteiger partial charge on any atom is -0.287 e. The molecule has 0 spiro atoms. The van der Waals surface area contributed by atoms with Crippen LogP contribution < -0.4 is 0 Å². The van der Waals surface area contributed by atoms with E-state index in [0.29, 0.717) is 0 Å². The minimum atomic E-state index is 0.0549. The average molecular weight is 633 g/mol. The lowest BCUT2D eigenvalue weighted by Gasteiger charge is -2.07. The molecule has 0 aliphatic rings. The normalized spacial score (nSPS) is 10.7. The smallest absolute Gasteiger partial charge is 0.190 e. The van der Waals surface area contributed by atoms with Crippen LogP contribution in [0.25, 0.3) is 24.3 Å². The monoisotopic (exact) mass is 632 g/mol. The van der Waals surface area contributed by atoms with Crippen LogP contribution in [-0.2, 0) is 9.59 Å². The van der Waals surface area contributed by atoms with E-state index in [-0.39, 0.29) is 10.2 Å². The lowest BCUT2D eigenvalue weighted by Crippen LogP contribution is -1.91. The highest BCUT2D eigenvalue weighted by Crippen LogP contribution is 2.24. The third-order valence-electron chi connectivity index (χ3n) is 6.46. The van der Waals surface area contributed by atoms with Crippen molar-refractivity contribution >= 4 is 58.1 Å². The Labute approximate surface area is 278 Å². The first-order valence-electron chi connectivity index (χ1n) is 14.4. The number of carbonyl (C=O) groups is 2. The van der Waals surface area contributed by atoms with Crippen molar-refractivity contribution in [3.8, 4) is 23.7 Å². The van der Waals surface area contributed by atoms with Crippen LogP contribution >= 0.6 is 23.5 Å². The number of nitrogens with zero attached hydrogens (tertiary/aromatic N) is 2. The van der Waals surface area contributed by atoms with Crippen molar-refractivity contribution in [3.05, 3.63) is 154 Å². The molecule has 0 radical (unpaired) electrons. The van der Waals surface area contributed by atoms with Crippen LogP contribution in [0.5, 0.6) is 0 Å². The average Bonchev–Trinajstić information content (AvgIpc) is 3.06. The molecule has 0 saturated carbocycles. The first-order chi connectivity index (χ1) is 22.4. The van der Waals surface area contributed by atoms with Gasteiger partial charge in [-0.1, -0.05) is 95.8 Å². The van der Waals surface area contributed by atoms with Crippen LogP contribution in [0, 0.1) is 23.7 Å². The molecule has 0 N–H and O–H groups in total. The summed E-state index contributed by atoms with van der Waals surface area (Å²) in [5, 5.41) is 0.110. The van der Waals surface area contributed by atoms with Crippen molar-refractivity contribution in [1.82, 2.24) is 9.97 Å². The van der Waals surface area contributed by atoms with E-state index in [1.54, 1.807) is 38.6 Å². The number of carbonyl (C=O) groups excluding carboxylic acids is 2. The van der Waals surface area contributed by atoms with Crippen molar-refractivity contribution in [1.29, 1.82) is 0 Å². The van der Waals surface area contributed by atoms with Crippen LogP contribution in [0.4, 0.5) is 0 Å². The molecule has 0 atom stereocenters. The molecule has 0 fully saturated rings. The number of rotatable bonds is 6. The van der Waals surface area contributed by atoms with Crippen molar-refractivity contribution in [2.45, 2.75) is 23.6 Å². The first kappa shape index (κ1) is 32.0. The quantitative estimate of drug-likeness (QED) is 0.106. The predicted molar refractivity (Wildman–Crippen MR) is 191 cm³/mol. The standard InChI is InChI=1S/C40H28N2O2S2/c1-29(43)45-39-15-7-31(8-16-39)3-11-35-27-38(14-6-34-21-25-42-26-22-34)36(28-37(35)13-5-33-19-23-41-24-20-33)12-4-32-9-17-40(18-10-32)46-30(2)44/h3-4,7-12,15-28H,1-2H3/b11-3+,12-4+. The Morgan fingerprint density at radius 2 is 0.891 bits per heavy atom. The molecule has 5 aromatic rings. The first-order valence-corrected chi connectivity index (χ1v) is 16.0. The van der Waals surface area contributed by atoms with E-state index in [9.17, 15) is 9.59 Å². The van der Waals surface area contributed by atoms with Crippen molar-refractivity contribution in [2.24, 2.45) is 0 Å². The summed E-state index contributed by atoms with van der Waals surface area (Å²) in [6, 6.07) is 27.4. The van der Waals surface area contributed by atoms with E-state index in [1.807, 2.05) is 97.1 Å². The lowest BCUT2D eigenvalue weighted by atomic mass is 9.96. The van der Waals surface area contributed by atoms with Gasteiger partial charge in [-0.2, -0.15) is 0 Å². The fraction of sp³-hybridized carbons (Fsp3) is 0.0500. The van der Waals surface area contributed by atoms with Gasteiger partial charge in [0.2, 0.25) is 0 Å². The molecule has 0 aliphatic carbocycles. The van der Waals surface area contributed by atoms with Gasteiger partial charge in [0.25, 0.3) is 0 Å². The zero-order valence-corrected chi connectivity index (χ0v) is 26.9. The molecule has 0 unspecified atom stereocenters. The molecule has 0 saturated heterocycles. The van der Waals surface area contributed by atoms with Gasteiger partial charge in [-0.25, -0.2) is 0 Å².